The maximum absolute atomic E-state index is 14.1. The van der Waals surface area contributed by atoms with Gasteiger partial charge >= 0.3 is 11.9 Å². The Balaban J connectivity index is 0.000000182. The number of rotatable bonds is 11. The molecule has 2 aliphatic rings. The van der Waals surface area contributed by atoms with Crippen molar-refractivity contribution in [3.8, 4) is 11.5 Å². The van der Waals surface area contributed by atoms with Crippen molar-refractivity contribution in [2.24, 2.45) is 11.8 Å². The fraction of sp³-hybridized carbons (Fsp3) is 0.250. The molecule has 2 fully saturated rings. The number of halogens is 2. The standard InChI is InChI=1S/C18H18FNO3.C14H11FO2.C4H7NO2/c19-16-8-14(9-20-10-15(11-20)18(21)22)6-7-17(16)23-12-13-4-2-1-3-5-13;15-13-8-12(9-16)6-7-14(13)17-10-11-4-2-1-3-5-11;6-4(7)3-1-5-2-3/h1-8,15H,9-12H2,(H,21,22);1-9H,10H2;3,5H,1-2H2,(H,6,7). The summed E-state index contributed by atoms with van der Waals surface area (Å²) in [7, 11) is 0. The fourth-order valence-corrected chi connectivity index (χ4v) is 4.51. The van der Waals surface area contributed by atoms with Crippen LogP contribution in [0.1, 0.15) is 27.0 Å². The van der Waals surface area contributed by atoms with Gasteiger partial charge in [-0.15, -0.1) is 0 Å². The number of hydrogen-bond acceptors (Lipinski definition) is 7. The average molecular weight is 647 g/mol. The number of aldehydes is 1. The molecule has 0 bridgehead atoms. The number of nitrogens with one attached hydrogen (secondary N) is 1. The number of benzene rings is 4. The zero-order valence-electron chi connectivity index (χ0n) is 25.6. The third-order valence-electron chi connectivity index (χ3n) is 7.41. The van der Waals surface area contributed by atoms with Crippen LogP contribution in [0.2, 0.25) is 0 Å². The quantitative estimate of drug-likeness (QED) is 0.183. The summed E-state index contributed by atoms with van der Waals surface area (Å²) >= 11 is 0. The molecule has 2 heterocycles. The van der Waals surface area contributed by atoms with Crippen LogP contribution in [0, 0.1) is 23.5 Å². The Hall–Kier alpha value is -5.13. The minimum Gasteiger partial charge on any atom is -0.486 e. The van der Waals surface area contributed by atoms with Gasteiger partial charge in [0.2, 0.25) is 0 Å². The molecule has 47 heavy (non-hydrogen) atoms. The number of carbonyl (C=O) groups excluding carboxylic acids is 1. The van der Waals surface area contributed by atoms with E-state index in [9.17, 15) is 23.2 Å². The van der Waals surface area contributed by atoms with E-state index >= 15 is 0 Å². The van der Waals surface area contributed by atoms with E-state index in [1.54, 1.807) is 6.07 Å². The van der Waals surface area contributed by atoms with Crippen molar-refractivity contribution in [3.05, 3.63) is 131 Å². The van der Waals surface area contributed by atoms with Crippen LogP contribution in [0.3, 0.4) is 0 Å². The van der Waals surface area contributed by atoms with Crippen molar-refractivity contribution in [1.82, 2.24) is 10.2 Å². The van der Waals surface area contributed by atoms with E-state index in [0.717, 1.165) is 22.8 Å². The van der Waals surface area contributed by atoms with Crippen LogP contribution in [-0.2, 0) is 29.3 Å². The molecule has 6 rings (SSSR count). The lowest BCUT2D eigenvalue weighted by atomic mass is 9.99. The number of ether oxygens (including phenoxy) is 2. The topological polar surface area (TPSA) is 125 Å². The molecule has 4 aromatic rings. The van der Waals surface area contributed by atoms with Crippen LogP contribution in [-0.4, -0.2) is 59.5 Å². The highest BCUT2D eigenvalue weighted by atomic mass is 19.1. The van der Waals surface area contributed by atoms with Gasteiger partial charge in [0.15, 0.2) is 23.1 Å². The van der Waals surface area contributed by atoms with Gasteiger partial charge in [-0.1, -0.05) is 66.7 Å². The van der Waals surface area contributed by atoms with Crippen molar-refractivity contribution in [2.75, 3.05) is 26.2 Å². The molecule has 0 atom stereocenters. The highest BCUT2D eigenvalue weighted by Crippen LogP contribution is 2.24. The lowest BCUT2D eigenvalue weighted by Gasteiger charge is -2.36. The summed E-state index contributed by atoms with van der Waals surface area (Å²) in [6.07, 6.45) is 0.601. The van der Waals surface area contributed by atoms with Crippen LogP contribution >= 0.6 is 0 Å². The van der Waals surface area contributed by atoms with Crippen LogP contribution in [0.4, 0.5) is 8.78 Å². The number of carbonyl (C=O) groups is 3. The van der Waals surface area contributed by atoms with Crippen molar-refractivity contribution < 1.29 is 42.9 Å². The number of nitrogens with zero attached hydrogens (tertiary/aromatic N) is 1. The first kappa shape index (κ1) is 34.7. The monoisotopic (exact) mass is 646 g/mol. The van der Waals surface area contributed by atoms with Gasteiger partial charge in [0.25, 0.3) is 0 Å². The summed E-state index contributed by atoms with van der Waals surface area (Å²) in [5, 5.41) is 19.9. The number of carboxylic acids is 2. The van der Waals surface area contributed by atoms with E-state index in [-0.39, 0.29) is 23.3 Å². The van der Waals surface area contributed by atoms with Crippen LogP contribution in [0.15, 0.2) is 97.1 Å². The predicted octanol–water partition coefficient (Wildman–Crippen LogP) is 5.43. The van der Waals surface area contributed by atoms with Crippen molar-refractivity contribution >= 4 is 18.2 Å². The molecule has 2 saturated heterocycles. The van der Waals surface area contributed by atoms with Crippen molar-refractivity contribution in [2.45, 2.75) is 19.8 Å². The lowest BCUT2D eigenvalue weighted by Crippen LogP contribution is -2.49. The Morgan fingerprint density at radius 1 is 0.723 bits per heavy atom. The van der Waals surface area contributed by atoms with E-state index in [2.05, 4.69) is 5.32 Å². The molecule has 11 heteroatoms. The molecule has 4 aromatic carbocycles. The molecular formula is C36H36F2N2O7. The van der Waals surface area contributed by atoms with Crippen LogP contribution in [0.25, 0.3) is 0 Å². The van der Waals surface area contributed by atoms with Crippen molar-refractivity contribution in [3.63, 3.8) is 0 Å². The van der Waals surface area contributed by atoms with Crippen molar-refractivity contribution in [1.29, 1.82) is 0 Å². The van der Waals surface area contributed by atoms with Gasteiger partial charge in [-0.25, -0.2) is 8.78 Å². The zero-order valence-corrected chi connectivity index (χ0v) is 25.6. The zero-order chi connectivity index (χ0) is 33.6. The molecule has 0 radical (unpaired) electrons. The first-order valence-corrected chi connectivity index (χ1v) is 15.0. The highest BCUT2D eigenvalue weighted by Gasteiger charge is 2.32. The number of aliphatic carboxylic acids is 2. The van der Waals surface area contributed by atoms with Gasteiger partial charge in [0.05, 0.1) is 11.8 Å². The van der Waals surface area contributed by atoms with Gasteiger partial charge in [-0.2, -0.15) is 0 Å². The second-order valence-corrected chi connectivity index (χ2v) is 11.0. The Morgan fingerprint density at radius 2 is 1.23 bits per heavy atom. The maximum Gasteiger partial charge on any atom is 0.309 e. The second kappa shape index (κ2) is 17.5. The number of hydrogen-bond donors (Lipinski definition) is 3. The SMILES string of the molecule is O=C(O)C1CN(Cc2ccc(OCc3ccccc3)c(F)c2)C1.O=C(O)C1CNC1.O=Cc1ccc(OCc2ccccc2)c(F)c1. The van der Waals surface area contributed by atoms with Gasteiger partial charge in [-0.05, 0) is 47.0 Å². The fourth-order valence-electron chi connectivity index (χ4n) is 4.51. The Bertz CT molecular complexity index is 1610. The lowest BCUT2D eigenvalue weighted by molar-refractivity contribution is -0.148. The first-order chi connectivity index (χ1) is 22.7. The summed E-state index contributed by atoms with van der Waals surface area (Å²) < 4.78 is 38.4. The molecule has 246 valence electrons. The van der Waals surface area contributed by atoms with E-state index in [0.29, 0.717) is 57.8 Å². The normalized spacial score (nSPS) is 14.2. The van der Waals surface area contributed by atoms with E-state index in [1.165, 1.54) is 18.2 Å². The highest BCUT2D eigenvalue weighted by molar-refractivity contribution is 5.75. The third-order valence-corrected chi connectivity index (χ3v) is 7.41. The van der Waals surface area contributed by atoms with E-state index in [1.807, 2.05) is 71.6 Å². The van der Waals surface area contributed by atoms with Gasteiger partial charge < -0.3 is 25.0 Å². The number of carboxylic acid groups (broad SMARTS) is 2. The Morgan fingerprint density at radius 3 is 1.64 bits per heavy atom. The van der Waals surface area contributed by atoms with Gasteiger partial charge in [0.1, 0.15) is 19.5 Å². The van der Waals surface area contributed by atoms with Gasteiger partial charge in [-0.3, -0.25) is 19.3 Å². The smallest absolute Gasteiger partial charge is 0.309 e. The molecule has 3 N–H and O–H groups in total. The van der Waals surface area contributed by atoms with Gasteiger partial charge in [0, 0.05) is 38.3 Å². The molecule has 0 amide bonds. The molecule has 0 aliphatic carbocycles. The summed E-state index contributed by atoms with van der Waals surface area (Å²) in [5.41, 5.74) is 3.07. The summed E-state index contributed by atoms with van der Waals surface area (Å²) in [6, 6.07) is 28.1. The molecule has 0 spiro atoms. The Kier molecular flexibility index (Phi) is 13.0. The average Bonchev–Trinajstić information content (AvgIpc) is 3.02. The molecule has 0 saturated carbocycles. The summed E-state index contributed by atoms with van der Waals surface area (Å²) in [4.78, 5) is 33.1. The summed E-state index contributed by atoms with van der Waals surface area (Å²) in [5.74, 6) is -2.40. The van der Waals surface area contributed by atoms with Crippen LogP contribution in [0.5, 0.6) is 11.5 Å². The largest absolute Gasteiger partial charge is 0.486 e. The molecule has 2 aliphatic heterocycles. The molecular weight excluding hydrogens is 610 g/mol. The summed E-state index contributed by atoms with van der Waals surface area (Å²) in [6.45, 7) is 3.51. The first-order valence-electron chi connectivity index (χ1n) is 15.0. The number of likely N-dealkylation sites (tertiary alicyclic amines) is 1. The minimum atomic E-state index is -0.767. The van der Waals surface area contributed by atoms with E-state index in [4.69, 9.17) is 19.7 Å². The maximum atomic E-state index is 14.1. The third kappa shape index (κ3) is 11.0. The molecule has 0 aromatic heterocycles. The minimum absolute atomic E-state index is 0.111. The predicted molar refractivity (Wildman–Crippen MR) is 170 cm³/mol. The Labute approximate surface area is 271 Å². The second-order valence-electron chi connectivity index (χ2n) is 11.0. The molecule has 9 nitrogen and oxygen atoms in total. The molecule has 0 unspecified atom stereocenters. The van der Waals surface area contributed by atoms with Crippen LogP contribution < -0.4 is 14.8 Å². The van der Waals surface area contributed by atoms with E-state index < -0.39 is 23.6 Å².